The molecule has 0 amide bonds. The third kappa shape index (κ3) is 3.58. The largest absolute Gasteiger partial charge is 0.446 e. The van der Waals surface area contributed by atoms with Gasteiger partial charge in [-0.15, -0.1) is 0 Å². The van der Waals surface area contributed by atoms with Gasteiger partial charge in [0, 0.05) is 0 Å². The van der Waals surface area contributed by atoms with Crippen LogP contribution >= 0.6 is 0 Å². The zero-order valence-corrected chi connectivity index (χ0v) is 8.42. The van der Waals surface area contributed by atoms with Crippen molar-refractivity contribution in [3.8, 4) is 5.75 Å². The number of hydrogen-bond donors (Lipinski definition) is 1. The van der Waals surface area contributed by atoms with Gasteiger partial charge in [0.05, 0.1) is 12.1 Å². The Labute approximate surface area is 84.1 Å². The fourth-order valence-electron chi connectivity index (χ4n) is 0.811. The lowest BCUT2D eigenvalue weighted by molar-refractivity contribution is 0.171. The Morgan fingerprint density at radius 2 is 1.93 bits per heavy atom. The van der Waals surface area contributed by atoms with Crippen LogP contribution < -0.4 is 4.74 Å². The minimum Gasteiger partial charge on any atom is -0.446 e. The molecule has 0 aliphatic carbocycles. The van der Waals surface area contributed by atoms with E-state index in [0.717, 1.165) is 5.75 Å². The minimum atomic E-state index is -0.453. The normalized spacial score (nSPS) is 15.4. The molecule has 1 aromatic rings. The summed E-state index contributed by atoms with van der Waals surface area (Å²) in [6.07, 6.45) is 0.915. The lowest BCUT2D eigenvalue weighted by atomic mass is 10.2. The first kappa shape index (κ1) is 10.7. The zero-order valence-electron chi connectivity index (χ0n) is 8.42. The van der Waals surface area contributed by atoms with Crippen molar-refractivity contribution in [1.29, 1.82) is 0 Å². The highest BCUT2D eigenvalue weighted by molar-refractivity contribution is 5.52. The van der Waals surface area contributed by atoms with Crippen molar-refractivity contribution in [1.82, 2.24) is 0 Å². The number of hydrogen-bond acceptors (Lipinski definition) is 3. The number of rotatable bonds is 4. The molecule has 0 aliphatic heterocycles. The van der Waals surface area contributed by atoms with Crippen LogP contribution in [0.5, 0.6) is 5.75 Å². The summed E-state index contributed by atoms with van der Waals surface area (Å²) in [5.74, 6) is 0.744. The van der Waals surface area contributed by atoms with E-state index in [4.69, 9.17) is 9.84 Å². The molecular formula is C11H15NO2. The highest BCUT2D eigenvalue weighted by atomic mass is 16.5. The smallest absolute Gasteiger partial charge is 0.176 e. The van der Waals surface area contributed by atoms with Crippen molar-refractivity contribution in [2.75, 3.05) is 0 Å². The molecule has 1 rings (SSSR count). The number of aliphatic imine (C=N–C) groups is 1. The van der Waals surface area contributed by atoms with Gasteiger partial charge < -0.3 is 9.84 Å². The maximum absolute atomic E-state index is 9.15. The van der Waals surface area contributed by atoms with Gasteiger partial charge in [0.25, 0.3) is 0 Å². The second-order valence-corrected chi connectivity index (χ2v) is 3.17. The number of benzene rings is 1. The highest BCUT2D eigenvalue weighted by Gasteiger charge is 2.04. The predicted molar refractivity (Wildman–Crippen MR) is 56.7 cm³/mol. The SMILES string of the molecule is CC(O)C(C)N=COc1ccccc1. The number of ether oxygens (including phenoxy) is 1. The van der Waals surface area contributed by atoms with Crippen LogP contribution in [0.1, 0.15) is 13.8 Å². The molecule has 0 saturated heterocycles. The molecule has 2 unspecified atom stereocenters. The van der Waals surface area contributed by atoms with Crippen LogP contribution in [0.25, 0.3) is 0 Å². The van der Waals surface area contributed by atoms with Gasteiger partial charge in [-0.1, -0.05) is 18.2 Å². The molecule has 14 heavy (non-hydrogen) atoms. The van der Waals surface area contributed by atoms with Crippen molar-refractivity contribution in [3.63, 3.8) is 0 Å². The van der Waals surface area contributed by atoms with Crippen LogP contribution in [-0.2, 0) is 0 Å². The van der Waals surface area contributed by atoms with Crippen molar-refractivity contribution < 1.29 is 9.84 Å². The van der Waals surface area contributed by atoms with E-state index in [1.807, 2.05) is 37.3 Å². The first-order valence-corrected chi connectivity index (χ1v) is 4.61. The number of aliphatic hydroxyl groups excluding tert-OH is 1. The minimum absolute atomic E-state index is 0.140. The van der Waals surface area contributed by atoms with Gasteiger partial charge >= 0.3 is 0 Å². The first-order valence-electron chi connectivity index (χ1n) is 4.61. The van der Waals surface area contributed by atoms with Crippen molar-refractivity contribution in [3.05, 3.63) is 30.3 Å². The molecule has 3 heteroatoms. The van der Waals surface area contributed by atoms with E-state index in [-0.39, 0.29) is 6.04 Å². The summed E-state index contributed by atoms with van der Waals surface area (Å²) in [4.78, 5) is 4.02. The second-order valence-electron chi connectivity index (χ2n) is 3.17. The van der Waals surface area contributed by atoms with E-state index in [9.17, 15) is 0 Å². The molecule has 0 fully saturated rings. The Morgan fingerprint density at radius 1 is 1.29 bits per heavy atom. The van der Waals surface area contributed by atoms with Gasteiger partial charge in [-0.3, -0.25) is 4.99 Å². The van der Waals surface area contributed by atoms with Crippen molar-refractivity contribution in [2.24, 2.45) is 4.99 Å². The molecule has 0 aliphatic rings. The van der Waals surface area contributed by atoms with E-state index in [0.29, 0.717) is 0 Å². The molecular weight excluding hydrogens is 178 g/mol. The summed E-state index contributed by atoms with van der Waals surface area (Å²) < 4.78 is 5.22. The summed E-state index contributed by atoms with van der Waals surface area (Å²) in [5, 5.41) is 9.15. The number of para-hydroxylation sites is 1. The first-order chi connectivity index (χ1) is 6.70. The number of nitrogens with zero attached hydrogens (tertiary/aromatic N) is 1. The summed E-state index contributed by atoms with van der Waals surface area (Å²) in [6, 6.07) is 9.25. The Hall–Kier alpha value is -1.35. The van der Waals surface area contributed by atoms with Gasteiger partial charge in [0.2, 0.25) is 0 Å². The Bertz CT molecular complexity index is 283. The molecule has 2 atom stereocenters. The number of aliphatic hydroxyl groups is 1. The third-order valence-electron chi connectivity index (χ3n) is 1.93. The summed E-state index contributed by atoms with van der Waals surface area (Å²) >= 11 is 0. The molecule has 0 spiro atoms. The molecule has 1 N–H and O–H groups in total. The Balaban J connectivity index is 2.41. The molecule has 0 saturated carbocycles. The van der Waals surface area contributed by atoms with Crippen LogP contribution in [0, 0.1) is 0 Å². The van der Waals surface area contributed by atoms with Gasteiger partial charge in [0.15, 0.2) is 6.40 Å². The lowest BCUT2D eigenvalue weighted by Crippen LogP contribution is -2.17. The van der Waals surface area contributed by atoms with E-state index in [2.05, 4.69) is 4.99 Å². The van der Waals surface area contributed by atoms with Crippen molar-refractivity contribution in [2.45, 2.75) is 26.0 Å². The van der Waals surface area contributed by atoms with E-state index in [1.54, 1.807) is 6.92 Å². The predicted octanol–water partition coefficient (Wildman–Crippen LogP) is 1.86. The molecule has 3 nitrogen and oxygen atoms in total. The van der Waals surface area contributed by atoms with Crippen molar-refractivity contribution >= 4 is 6.40 Å². The van der Waals surface area contributed by atoms with Crippen LogP contribution in [0.2, 0.25) is 0 Å². The highest BCUT2D eigenvalue weighted by Crippen LogP contribution is 2.07. The standard InChI is InChI=1S/C11H15NO2/c1-9(10(2)13)12-8-14-11-6-4-3-5-7-11/h3-10,13H,1-2H3. The molecule has 0 radical (unpaired) electrons. The zero-order chi connectivity index (χ0) is 10.4. The third-order valence-corrected chi connectivity index (χ3v) is 1.93. The molecule has 0 bridgehead atoms. The van der Waals surface area contributed by atoms with E-state index < -0.39 is 6.10 Å². The van der Waals surface area contributed by atoms with Crippen LogP contribution in [0.4, 0.5) is 0 Å². The Morgan fingerprint density at radius 3 is 2.50 bits per heavy atom. The van der Waals surface area contributed by atoms with Crippen LogP contribution in [-0.4, -0.2) is 23.7 Å². The maximum atomic E-state index is 9.15. The quantitative estimate of drug-likeness (QED) is 0.585. The molecule has 0 heterocycles. The molecule has 76 valence electrons. The fourth-order valence-corrected chi connectivity index (χ4v) is 0.811. The summed E-state index contributed by atoms with van der Waals surface area (Å²) in [6.45, 7) is 3.53. The van der Waals surface area contributed by atoms with Gasteiger partial charge in [-0.2, -0.15) is 0 Å². The maximum Gasteiger partial charge on any atom is 0.176 e. The monoisotopic (exact) mass is 193 g/mol. The lowest BCUT2D eigenvalue weighted by Gasteiger charge is -2.08. The molecule has 0 aromatic heterocycles. The van der Waals surface area contributed by atoms with Gasteiger partial charge in [-0.05, 0) is 26.0 Å². The summed E-state index contributed by atoms with van der Waals surface area (Å²) in [7, 11) is 0. The summed E-state index contributed by atoms with van der Waals surface area (Å²) in [5.41, 5.74) is 0. The average molecular weight is 193 g/mol. The Kier molecular flexibility index (Phi) is 4.13. The van der Waals surface area contributed by atoms with Crippen LogP contribution in [0.3, 0.4) is 0 Å². The molecule has 1 aromatic carbocycles. The van der Waals surface area contributed by atoms with Gasteiger partial charge in [0.1, 0.15) is 5.75 Å². The van der Waals surface area contributed by atoms with Gasteiger partial charge in [-0.25, -0.2) is 0 Å². The average Bonchev–Trinajstić information content (AvgIpc) is 2.19. The van der Waals surface area contributed by atoms with E-state index in [1.165, 1.54) is 6.40 Å². The van der Waals surface area contributed by atoms with Crippen LogP contribution in [0.15, 0.2) is 35.3 Å². The fraction of sp³-hybridized carbons (Fsp3) is 0.364. The second kappa shape index (κ2) is 5.40. The van der Waals surface area contributed by atoms with E-state index >= 15 is 0 Å². The topological polar surface area (TPSA) is 41.8 Å².